The van der Waals surface area contributed by atoms with Crippen LogP contribution in [-0.4, -0.2) is 56.0 Å². The largest absolute Gasteiger partial charge is 0.444 e. The van der Waals surface area contributed by atoms with Crippen LogP contribution in [0.5, 0.6) is 0 Å². The van der Waals surface area contributed by atoms with E-state index in [4.69, 9.17) is 9.47 Å². The molecule has 1 atom stereocenters. The van der Waals surface area contributed by atoms with Crippen molar-refractivity contribution in [3.8, 4) is 0 Å². The van der Waals surface area contributed by atoms with Crippen LogP contribution in [0.25, 0.3) is 0 Å². The van der Waals surface area contributed by atoms with Crippen LogP contribution < -0.4 is 5.32 Å². The highest BCUT2D eigenvalue weighted by molar-refractivity contribution is 5.68. The van der Waals surface area contributed by atoms with Gasteiger partial charge in [-0.15, -0.1) is 0 Å². The van der Waals surface area contributed by atoms with E-state index in [2.05, 4.69) is 5.32 Å². The summed E-state index contributed by atoms with van der Waals surface area (Å²) in [6.45, 7) is 12.8. The van der Waals surface area contributed by atoms with Crippen molar-refractivity contribution in [3.63, 3.8) is 0 Å². The molecule has 0 aliphatic carbocycles. The SMILES string of the molecule is CCN(CCCNCC1CCCOC1)C(=O)OC(C)(C)C. The standard InChI is InChI=1S/C16H32N2O3/c1-5-18(15(19)21-16(2,3)4)10-7-9-17-12-14-8-6-11-20-13-14/h14,17H,5-13H2,1-4H3. The van der Waals surface area contributed by atoms with Crippen molar-refractivity contribution in [3.05, 3.63) is 0 Å². The maximum absolute atomic E-state index is 12.0. The zero-order chi connectivity index (χ0) is 15.7. The lowest BCUT2D eigenvalue weighted by Crippen LogP contribution is -2.38. The Morgan fingerprint density at radius 1 is 1.43 bits per heavy atom. The summed E-state index contributed by atoms with van der Waals surface area (Å²) < 4.78 is 10.9. The van der Waals surface area contributed by atoms with E-state index in [-0.39, 0.29) is 6.09 Å². The number of ether oxygens (including phenoxy) is 2. The number of carbonyl (C=O) groups is 1. The molecule has 0 aromatic carbocycles. The number of carbonyl (C=O) groups excluding carboxylic acids is 1. The molecule has 1 aliphatic rings. The Morgan fingerprint density at radius 3 is 2.76 bits per heavy atom. The van der Waals surface area contributed by atoms with Crippen molar-refractivity contribution in [2.24, 2.45) is 5.92 Å². The van der Waals surface area contributed by atoms with Crippen molar-refractivity contribution in [1.82, 2.24) is 10.2 Å². The number of nitrogens with zero attached hydrogens (tertiary/aromatic N) is 1. The molecule has 5 nitrogen and oxygen atoms in total. The molecule has 1 saturated heterocycles. The third-order valence-electron chi connectivity index (χ3n) is 3.50. The quantitative estimate of drug-likeness (QED) is 0.734. The first-order valence-corrected chi connectivity index (χ1v) is 8.18. The van der Waals surface area contributed by atoms with E-state index in [1.165, 1.54) is 12.8 Å². The first kappa shape index (κ1) is 18.2. The smallest absolute Gasteiger partial charge is 0.410 e. The highest BCUT2D eigenvalue weighted by Crippen LogP contribution is 2.12. The first-order valence-electron chi connectivity index (χ1n) is 8.18. The Kier molecular flexibility index (Phi) is 8.04. The number of hydrogen-bond donors (Lipinski definition) is 1. The van der Waals surface area contributed by atoms with E-state index >= 15 is 0 Å². The molecule has 1 fully saturated rings. The Hall–Kier alpha value is -0.810. The Morgan fingerprint density at radius 2 is 2.19 bits per heavy atom. The van der Waals surface area contributed by atoms with E-state index in [9.17, 15) is 4.79 Å². The van der Waals surface area contributed by atoms with Gasteiger partial charge in [0.25, 0.3) is 0 Å². The van der Waals surface area contributed by atoms with Crippen LogP contribution in [0.2, 0.25) is 0 Å². The van der Waals surface area contributed by atoms with E-state index < -0.39 is 5.60 Å². The predicted octanol–water partition coefficient (Wildman–Crippen LogP) is 2.65. The Balaban J connectivity index is 2.12. The predicted molar refractivity (Wildman–Crippen MR) is 84.5 cm³/mol. The highest BCUT2D eigenvalue weighted by atomic mass is 16.6. The molecule has 21 heavy (non-hydrogen) atoms. The van der Waals surface area contributed by atoms with Gasteiger partial charge in [-0.25, -0.2) is 4.79 Å². The fourth-order valence-electron chi connectivity index (χ4n) is 2.37. The van der Waals surface area contributed by atoms with Gasteiger partial charge in [0.2, 0.25) is 0 Å². The summed E-state index contributed by atoms with van der Waals surface area (Å²) in [7, 11) is 0. The molecule has 5 heteroatoms. The van der Waals surface area contributed by atoms with Gasteiger partial charge in [-0.3, -0.25) is 0 Å². The Bertz CT molecular complexity index is 296. The summed E-state index contributed by atoms with van der Waals surface area (Å²) in [5, 5.41) is 3.46. The number of amides is 1. The molecule has 1 heterocycles. The lowest BCUT2D eigenvalue weighted by atomic mass is 10.0. The molecule has 0 spiro atoms. The third kappa shape index (κ3) is 8.27. The van der Waals surface area contributed by atoms with Crippen molar-refractivity contribution in [2.75, 3.05) is 39.4 Å². The minimum absolute atomic E-state index is 0.217. The van der Waals surface area contributed by atoms with Gasteiger partial charge in [-0.2, -0.15) is 0 Å². The molecular weight excluding hydrogens is 268 g/mol. The summed E-state index contributed by atoms with van der Waals surface area (Å²) in [5.74, 6) is 0.645. The lowest BCUT2D eigenvalue weighted by molar-refractivity contribution is 0.0258. The molecular formula is C16H32N2O3. The van der Waals surface area contributed by atoms with Crippen LogP contribution in [0.1, 0.15) is 47.0 Å². The monoisotopic (exact) mass is 300 g/mol. The fourth-order valence-corrected chi connectivity index (χ4v) is 2.37. The summed E-state index contributed by atoms with van der Waals surface area (Å²) in [6.07, 6.45) is 3.16. The fraction of sp³-hybridized carbons (Fsp3) is 0.938. The maximum atomic E-state index is 12.0. The number of rotatable bonds is 7. The van der Waals surface area contributed by atoms with Crippen LogP contribution >= 0.6 is 0 Å². The maximum Gasteiger partial charge on any atom is 0.410 e. The molecule has 124 valence electrons. The molecule has 0 bridgehead atoms. The second-order valence-electron chi connectivity index (χ2n) is 6.70. The summed E-state index contributed by atoms with van der Waals surface area (Å²) in [4.78, 5) is 13.7. The average molecular weight is 300 g/mol. The normalized spacial score (nSPS) is 19.3. The van der Waals surface area contributed by atoms with Crippen LogP contribution in [-0.2, 0) is 9.47 Å². The zero-order valence-electron chi connectivity index (χ0n) is 14.1. The van der Waals surface area contributed by atoms with E-state index in [0.717, 1.165) is 39.3 Å². The third-order valence-corrected chi connectivity index (χ3v) is 3.50. The molecule has 0 radical (unpaired) electrons. The Labute approximate surface area is 129 Å². The van der Waals surface area contributed by atoms with E-state index in [0.29, 0.717) is 12.5 Å². The van der Waals surface area contributed by atoms with Crippen LogP contribution in [0.3, 0.4) is 0 Å². The van der Waals surface area contributed by atoms with Gasteiger partial charge in [0.05, 0.1) is 6.61 Å². The number of nitrogens with one attached hydrogen (secondary N) is 1. The van der Waals surface area contributed by atoms with E-state index in [1.54, 1.807) is 4.90 Å². The first-order chi connectivity index (χ1) is 9.92. The summed E-state index contributed by atoms with van der Waals surface area (Å²) in [6, 6.07) is 0. The molecule has 1 rings (SSSR count). The lowest BCUT2D eigenvalue weighted by Gasteiger charge is -2.26. The van der Waals surface area contributed by atoms with E-state index in [1.807, 2.05) is 27.7 Å². The molecule has 0 saturated carbocycles. The second kappa shape index (κ2) is 9.26. The minimum Gasteiger partial charge on any atom is -0.444 e. The molecule has 1 amide bonds. The minimum atomic E-state index is -0.427. The molecule has 1 aliphatic heterocycles. The van der Waals surface area contributed by atoms with Crippen molar-refractivity contribution in [2.45, 2.75) is 52.6 Å². The van der Waals surface area contributed by atoms with Crippen LogP contribution in [0, 0.1) is 5.92 Å². The topological polar surface area (TPSA) is 50.8 Å². The average Bonchev–Trinajstić information content (AvgIpc) is 2.42. The molecule has 1 unspecified atom stereocenters. The van der Waals surface area contributed by atoms with Gasteiger partial charge in [0.15, 0.2) is 0 Å². The van der Waals surface area contributed by atoms with Gasteiger partial charge in [-0.1, -0.05) is 0 Å². The molecule has 1 N–H and O–H groups in total. The molecule has 0 aromatic heterocycles. The summed E-state index contributed by atoms with van der Waals surface area (Å²) >= 11 is 0. The molecule has 0 aromatic rings. The van der Waals surface area contributed by atoms with Crippen molar-refractivity contribution < 1.29 is 14.3 Å². The van der Waals surface area contributed by atoms with Gasteiger partial charge < -0.3 is 19.7 Å². The van der Waals surface area contributed by atoms with Crippen molar-refractivity contribution in [1.29, 1.82) is 0 Å². The van der Waals surface area contributed by atoms with Crippen LogP contribution in [0.4, 0.5) is 4.79 Å². The highest BCUT2D eigenvalue weighted by Gasteiger charge is 2.20. The zero-order valence-corrected chi connectivity index (χ0v) is 14.1. The number of hydrogen-bond acceptors (Lipinski definition) is 4. The van der Waals surface area contributed by atoms with Gasteiger partial charge in [0, 0.05) is 26.2 Å². The van der Waals surface area contributed by atoms with Gasteiger partial charge in [-0.05, 0) is 59.4 Å². The second-order valence-corrected chi connectivity index (χ2v) is 6.70. The van der Waals surface area contributed by atoms with Crippen molar-refractivity contribution >= 4 is 6.09 Å². The van der Waals surface area contributed by atoms with Crippen LogP contribution in [0.15, 0.2) is 0 Å². The van der Waals surface area contributed by atoms with Gasteiger partial charge >= 0.3 is 6.09 Å². The van der Waals surface area contributed by atoms with Gasteiger partial charge in [0.1, 0.15) is 5.60 Å². The summed E-state index contributed by atoms with van der Waals surface area (Å²) in [5.41, 5.74) is -0.427.